The molecule has 0 bridgehead atoms. The van der Waals surface area contributed by atoms with Gasteiger partial charge in [-0.05, 0) is 53.1 Å². The van der Waals surface area contributed by atoms with Gasteiger partial charge in [-0.25, -0.2) is 4.79 Å². The van der Waals surface area contributed by atoms with Gasteiger partial charge in [0.25, 0.3) is 5.91 Å². The number of amides is 3. The van der Waals surface area contributed by atoms with Gasteiger partial charge in [0.15, 0.2) is 0 Å². The fourth-order valence-corrected chi connectivity index (χ4v) is 4.15. The van der Waals surface area contributed by atoms with Crippen LogP contribution in [0.3, 0.4) is 0 Å². The van der Waals surface area contributed by atoms with Crippen LogP contribution in [0.2, 0.25) is 5.02 Å². The molecular weight excluding hydrogens is 460 g/mol. The number of rotatable bonds is 6. The van der Waals surface area contributed by atoms with E-state index in [2.05, 4.69) is 5.32 Å². The molecule has 5 rings (SSSR count). The van der Waals surface area contributed by atoms with Crippen LogP contribution in [-0.2, 0) is 17.9 Å². The summed E-state index contributed by atoms with van der Waals surface area (Å²) in [7, 11) is 0. The normalized spacial score (nSPS) is 14.6. The summed E-state index contributed by atoms with van der Waals surface area (Å²) in [6.45, 7) is 2.54. The number of aryl methyl sites for hydroxylation is 1. The van der Waals surface area contributed by atoms with Crippen LogP contribution in [-0.4, -0.2) is 16.8 Å². The number of fused-ring (bicyclic) bond motifs is 1. The lowest BCUT2D eigenvalue weighted by Crippen LogP contribution is -2.30. The molecule has 1 heterocycles. The largest absolute Gasteiger partial charge is 0.488 e. The van der Waals surface area contributed by atoms with E-state index in [1.807, 2.05) is 91.9 Å². The molecule has 1 N–H and O–H groups in total. The number of ether oxygens (including phenoxy) is 1. The van der Waals surface area contributed by atoms with Crippen molar-refractivity contribution >= 4 is 40.4 Å². The highest BCUT2D eigenvalue weighted by molar-refractivity contribution is 6.30. The Hall–Kier alpha value is -4.09. The molecule has 0 aromatic heterocycles. The van der Waals surface area contributed by atoms with E-state index in [9.17, 15) is 9.59 Å². The Morgan fingerprint density at radius 2 is 1.60 bits per heavy atom. The number of urea groups is 1. The molecule has 4 aromatic rings. The predicted octanol–water partition coefficient (Wildman–Crippen LogP) is 6.47. The number of benzene rings is 4. The summed E-state index contributed by atoms with van der Waals surface area (Å²) in [6.07, 6.45) is 1.70. The summed E-state index contributed by atoms with van der Waals surface area (Å²) in [4.78, 5) is 27.0. The van der Waals surface area contributed by atoms with E-state index in [1.54, 1.807) is 6.08 Å². The maximum absolute atomic E-state index is 13.2. The zero-order chi connectivity index (χ0) is 24.4. The minimum Gasteiger partial charge on any atom is -0.488 e. The van der Waals surface area contributed by atoms with Crippen molar-refractivity contribution in [1.29, 1.82) is 0 Å². The summed E-state index contributed by atoms with van der Waals surface area (Å²) in [6, 6.07) is 26.5. The van der Waals surface area contributed by atoms with Crippen molar-refractivity contribution in [3.8, 4) is 5.75 Å². The topological polar surface area (TPSA) is 58.6 Å². The SMILES string of the molecule is Cc1ccc(CN2C(=O)N/C(=C/c3c(OCc4ccc(Cl)cc4)ccc4ccccc34)C2=O)cc1. The van der Waals surface area contributed by atoms with E-state index in [1.165, 1.54) is 4.90 Å². The fraction of sp³-hybridized carbons (Fsp3) is 0.103. The molecule has 0 unspecified atom stereocenters. The van der Waals surface area contributed by atoms with Gasteiger partial charge in [-0.3, -0.25) is 9.69 Å². The Balaban J connectivity index is 1.46. The number of hydrogen-bond donors (Lipinski definition) is 1. The van der Waals surface area contributed by atoms with Crippen molar-refractivity contribution < 1.29 is 14.3 Å². The van der Waals surface area contributed by atoms with Crippen molar-refractivity contribution in [3.05, 3.63) is 118 Å². The van der Waals surface area contributed by atoms with Crippen LogP contribution in [0.25, 0.3) is 16.8 Å². The zero-order valence-corrected chi connectivity index (χ0v) is 19.9. The highest BCUT2D eigenvalue weighted by Crippen LogP contribution is 2.32. The molecule has 0 aliphatic carbocycles. The lowest BCUT2D eigenvalue weighted by molar-refractivity contribution is -0.123. The minimum atomic E-state index is -0.439. The predicted molar refractivity (Wildman–Crippen MR) is 138 cm³/mol. The van der Waals surface area contributed by atoms with Gasteiger partial charge in [0.1, 0.15) is 18.1 Å². The number of nitrogens with zero attached hydrogens (tertiary/aromatic N) is 1. The smallest absolute Gasteiger partial charge is 0.329 e. The molecule has 1 fully saturated rings. The number of hydrogen-bond acceptors (Lipinski definition) is 3. The van der Waals surface area contributed by atoms with Crippen LogP contribution in [0, 0.1) is 6.92 Å². The zero-order valence-electron chi connectivity index (χ0n) is 19.1. The van der Waals surface area contributed by atoms with Gasteiger partial charge in [0.2, 0.25) is 0 Å². The van der Waals surface area contributed by atoms with E-state index in [0.717, 1.165) is 33.0 Å². The lowest BCUT2D eigenvalue weighted by Gasteiger charge is -2.13. The highest BCUT2D eigenvalue weighted by atomic mass is 35.5. The molecule has 1 aliphatic heterocycles. The molecule has 0 spiro atoms. The third kappa shape index (κ3) is 4.91. The molecule has 1 saturated heterocycles. The van der Waals surface area contributed by atoms with Gasteiger partial charge in [-0.15, -0.1) is 0 Å². The van der Waals surface area contributed by atoms with Crippen LogP contribution in [0.4, 0.5) is 4.79 Å². The summed E-state index contributed by atoms with van der Waals surface area (Å²) >= 11 is 5.99. The molecular formula is C29H23ClN2O3. The first-order chi connectivity index (χ1) is 17.0. The van der Waals surface area contributed by atoms with E-state index in [0.29, 0.717) is 17.4 Å². The lowest BCUT2D eigenvalue weighted by atomic mass is 10.0. The molecule has 1 aliphatic rings. The molecule has 5 nitrogen and oxygen atoms in total. The number of imide groups is 1. The Bertz CT molecular complexity index is 1440. The third-order valence-corrected chi connectivity index (χ3v) is 6.20. The summed E-state index contributed by atoms with van der Waals surface area (Å²) in [5.41, 5.74) is 3.93. The van der Waals surface area contributed by atoms with Crippen molar-refractivity contribution in [1.82, 2.24) is 10.2 Å². The first-order valence-electron chi connectivity index (χ1n) is 11.3. The van der Waals surface area contributed by atoms with Crippen molar-refractivity contribution in [2.24, 2.45) is 0 Å². The van der Waals surface area contributed by atoms with Gasteiger partial charge >= 0.3 is 6.03 Å². The maximum Gasteiger partial charge on any atom is 0.329 e. The van der Waals surface area contributed by atoms with Gasteiger partial charge < -0.3 is 10.1 Å². The van der Waals surface area contributed by atoms with E-state index in [4.69, 9.17) is 16.3 Å². The number of carbonyl (C=O) groups excluding carboxylic acids is 2. The van der Waals surface area contributed by atoms with Crippen LogP contribution in [0.1, 0.15) is 22.3 Å². The molecule has 3 amide bonds. The Kier molecular flexibility index (Phi) is 6.25. The quantitative estimate of drug-likeness (QED) is 0.253. The molecule has 6 heteroatoms. The molecule has 4 aromatic carbocycles. The monoisotopic (exact) mass is 482 g/mol. The number of nitrogens with one attached hydrogen (secondary N) is 1. The van der Waals surface area contributed by atoms with Crippen molar-refractivity contribution in [2.75, 3.05) is 0 Å². The van der Waals surface area contributed by atoms with Crippen molar-refractivity contribution in [2.45, 2.75) is 20.1 Å². The Morgan fingerprint density at radius 1 is 0.886 bits per heavy atom. The van der Waals surface area contributed by atoms with E-state index >= 15 is 0 Å². The number of carbonyl (C=O) groups is 2. The van der Waals surface area contributed by atoms with Crippen LogP contribution < -0.4 is 10.1 Å². The minimum absolute atomic E-state index is 0.206. The van der Waals surface area contributed by atoms with Crippen molar-refractivity contribution in [3.63, 3.8) is 0 Å². The fourth-order valence-electron chi connectivity index (χ4n) is 4.03. The highest BCUT2D eigenvalue weighted by Gasteiger charge is 2.33. The van der Waals surface area contributed by atoms with Gasteiger partial charge in [-0.2, -0.15) is 0 Å². The third-order valence-electron chi connectivity index (χ3n) is 5.95. The average molecular weight is 483 g/mol. The summed E-state index contributed by atoms with van der Waals surface area (Å²) in [5.74, 6) is 0.248. The number of halogens is 1. The Labute approximate surface area is 208 Å². The van der Waals surface area contributed by atoms with E-state index < -0.39 is 6.03 Å². The molecule has 0 atom stereocenters. The molecule has 0 radical (unpaired) electrons. The first-order valence-corrected chi connectivity index (χ1v) is 11.6. The average Bonchev–Trinajstić information content (AvgIpc) is 3.13. The van der Waals surface area contributed by atoms with Gasteiger partial charge in [-0.1, -0.05) is 83.9 Å². The summed E-state index contributed by atoms with van der Waals surface area (Å²) < 4.78 is 6.15. The first kappa shape index (κ1) is 22.7. The standard InChI is InChI=1S/C29H23ClN2O3/c1-19-6-8-20(9-7-19)17-32-28(33)26(31-29(32)34)16-25-24-5-3-2-4-22(24)12-15-27(25)35-18-21-10-13-23(30)14-11-21/h2-16H,17-18H2,1H3,(H,31,34)/b26-16+. The van der Waals surface area contributed by atoms with Crippen LogP contribution >= 0.6 is 11.6 Å². The van der Waals surface area contributed by atoms with E-state index in [-0.39, 0.29) is 18.1 Å². The van der Waals surface area contributed by atoms with Crippen LogP contribution in [0.5, 0.6) is 5.75 Å². The maximum atomic E-state index is 13.2. The van der Waals surface area contributed by atoms with Crippen LogP contribution in [0.15, 0.2) is 90.6 Å². The second-order valence-corrected chi connectivity index (χ2v) is 8.92. The summed E-state index contributed by atoms with van der Waals surface area (Å²) in [5, 5.41) is 5.33. The Morgan fingerprint density at radius 3 is 2.37 bits per heavy atom. The second kappa shape index (κ2) is 9.65. The molecule has 174 valence electrons. The molecule has 0 saturated carbocycles. The second-order valence-electron chi connectivity index (χ2n) is 8.48. The molecule has 35 heavy (non-hydrogen) atoms. The van der Waals surface area contributed by atoms with Gasteiger partial charge in [0.05, 0.1) is 6.54 Å². The van der Waals surface area contributed by atoms with Gasteiger partial charge in [0, 0.05) is 10.6 Å².